The molecule has 0 aliphatic heterocycles. The number of aryl methyl sites for hydroxylation is 1. The predicted molar refractivity (Wildman–Crippen MR) is 128 cm³/mol. The molecule has 9 nitrogen and oxygen atoms in total. The van der Waals surface area contributed by atoms with E-state index in [1.165, 1.54) is 41.5 Å². The summed E-state index contributed by atoms with van der Waals surface area (Å²) in [4.78, 5) is 18.4. The fraction of sp³-hybridized carbons (Fsp3) is 0.200. The van der Waals surface area contributed by atoms with Crippen LogP contribution in [0.3, 0.4) is 0 Å². The van der Waals surface area contributed by atoms with Crippen LogP contribution in [-0.2, 0) is 6.54 Å². The van der Waals surface area contributed by atoms with E-state index in [4.69, 9.17) is 9.15 Å². The van der Waals surface area contributed by atoms with Gasteiger partial charge < -0.3 is 18.8 Å². The molecule has 0 saturated heterocycles. The maximum Gasteiger partial charge on any atom is 0.573 e. The summed E-state index contributed by atoms with van der Waals surface area (Å²) in [6.45, 7) is 1.21. The molecule has 0 aliphatic carbocycles. The Balaban J connectivity index is 1.29. The van der Waals surface area contributed by atoms with Crippen molar-refractivity contribution in [3.05, 3.63) is 84.3 Å². The first-order valence-electron chi connectivity index (χ1n) is 11.1. The van der Waals surface area contributed by atoms with Crippen molar-refractivity contribution in [2.24, 2.45) is 0 Å². The van der Waals surface area contributed by atoms with E-state index in [-0.39, 0.29) is 23.2 Å². The summed E-state index contributed by atoms with van der Waals surface area (Å²) in [6, 6.07) is 12.4. The van der Waals surface area contributed by atoms with Gasteiger partial charge in [-0.3, -0.25) is 9.48 Å². The Kier molecular flexibility index (Phi) is 7.86. The van der Waals surface area contributed by atoms with Crippen molar-refractivity contribution in [2.75, 3.05) is 18.6 Å². The number of carbonyl (C=O) groups excluding carboxylic acids is 1. The fourth-order valence-corrected chi connectivity index (χ4v) is 3.23. The molecule has 0 fully saturated rings. The zero-order valence-electron chi connectivity index (χ0n) is 19.6. The monoisotopic (exact) mass is 513 g/mol. The largest absolute Gasteiger partial charge is 0.573 e. The molecule has 4 aromatic rings. The maximum atomic E-state index is 12.8. The third kappa shape index (κ3) is 7.43. The lowest BCUT2D eigenvalue weighted by atomic mass is 10.2. The van der Waals surface area contributed by atoms with Crippen LogP contribution in [-0.4, -0.2) is 45.9 Å². The lowest BCUT2D eigenvalue weighted by Crippen LogP contribution is -2.26. The Morgan fingerprint density at radius 1 is 1.08 bits per heavy atom. The molecule has 1 amide bonds. The molecule has 12 heteroatoms. The summed E-state index contributed by atoms with van der Waals surface area (Å²) < 4.78 is 53.4. The second-order valence-electron chi connectivity index (χ2n) is 7.75. The molecule has 2 aromatic heterocycles. The number of amides is 1. The number of benzene rings is 2. The van der Waals surface area contributed by atoms with Crippen LogP contribution in [0.2, 0.25) is 0 Å². The average molecular weight is 513 g/mol. The van der Waals surface area contributed by atoms with Crippen molar-refractivity contribution in [1.29, 1.82) is 0 Å². The van der Waals surface area contributed by atoms with E-state index in [2.05, 4.69) is 20.0 Å². The van der Waals surface area contributed by atoms with Gasteiger partial charge in [-0.05, 0) is 48.0 Å². The Bertz CT molecular complexity index is 1320. The number of halogens is 3. The summed E-state index contributed by atoms with van der Waals surface area (Å²) in [7, 11) is 1.62. The van der Waals surface area contributed by atoms with Gasteiger partial charge >= 0.3 is 6.36 Å². The highest BCUT2D eigenvalue weighted by Crippen LogP contribution is 2.24. The number of anilines is 1. The van der Waals surface area contributed by atoms with Crippen LogP contribution in [0.15, 0.2) is 71.6 Å². The molecule has 0 atom stereocenters. The lowest BCUT2D eigenvalue weighted by molar-refractivity contribution is -0.274. The standard InChI is InChI=1S/C25H22F3N5O4/c1-32(19-6-10-20(11-7-19)35-16-2-14-33-15-13-29-31-33)24(34)22-17-36-23(30-22)12-5-18-3-8-21(9-4-18)37-25(26,27)28/h3-13,15,17H,2,14,16H2,1H3. The normalized spacial score (nSPS) is 11.6. The molecular formula is C25H22F3N5O4. The van der Waals surface area contributed by atoms with E-state index < -0.39 is 6.36 Å². The molecule has 0 bridgehead atoms. The second-order valence-corrected chi connectivity index (χ2v) is 7.75. The third-order valence-electron chi connectivity index (χ3n) is 5.07. The molecule has 192 valence electrons. The van der Waals surface area contributed by atoms with Crippen LogP contribution in [0.4, 0.5) is 18.9 Å². The van der Waals surface area contributed by atoms with Gasteiger partial charge in [-0.1, -0.05) is 17.3 Å². The minimum atomic E-state index is -4.75. The Hall–Kier alpha value is -4.61. The summed E-state index contributed by atoms with van der Waals surface area (Å²) >= 11 is 0. The minimum absolute atomic E-state index is 0.101. The van der Waals surface area contributed by atoms with Gasteiger partial charge in [0.05, 0.1) is 12.8 Å². The molecular weight excluding hydrogens is 491 g/mol. The van der Waals surface area contributed by atoms with Crippen molar-refractivity contribution in [3.8, 4) is 11.5 Å². The summed E-state index contributed by atoms with van der Waals surface area (Å²) in [5.74, 6) is 0.148. The first-order chi connectivity index (χ1) is 17.8. The van der Waals surface area contributed by atoms with Crippen molar-refractivity contribution in [1.82, 2.24) is 20.0 Å². The number of nitrogens with zero attached hydrogens (tertiary/aromatic N) is 5. The molecule has 0 radical (unpaired) electrons. The Morgan fingerprint density at radius 3 is 2.49 bits per heavy atom. The van der Waals surface area contributed by atoms with Crippen LogP contribution in [0.25, 0.3) is 12.2 Å². The van der Waals surface area contributed by atoms with Gasteiger partial charge in [0, 0.05) is 38.0 Å². The summed E-state index contributed by atoms with van der Waals surface area (Å²) in [5, 5.41) is 7.64. The van der Waals surface area contributed by atoms with E-state index >= 15 is 0 Å². The zero-order valence-corrected chi connectivity index (χ0v) is 19.6. The van der Waals surface area contributed by atoms with Gasteiger partial charge in [-0.2, -0.15) is 0 Å². The van der Waals surface area contributed by atoms with Crippen molar-refractivity contribution < 1.29 is 31.9 Å². The highest BCUT2D eigenvalue weighted by Gasteiger charge is 2.30. The van der Waals surface area contributed by atoms with Crippen molar-refractivity contribution in [3.63, 3.8) is 0 Å². The van der Waals surface area contributed by atoms with Gasteiger partial charge in [0.2, 0.25) is 5.89 Å². The number of ether oxygens (including phenoxy) is 2. The van der Waals surface area contributed by atoms with Gasteiger partial charge in [0.25, 0.3) is 5.91 Å². The van der Waals surface area contributed by atoms with E-state index in [0.29, 0.717) is 30.2 Å². The molecule has 2 heterocycles. The second kappa shape index (κ2) is 11.4. The Labute approximate surface area is 209 Å². The van der Waals surface area contributed by atoms with Gasteiger partial charge in [0.1, 0.15) is 17.8 Å². The van der Waals surface area contributed by atoms with Crippen LogP contribution in [0, 0.1) is 0 Å². The van der Waals surface area contributed by atoms with Crippen molar-refractivity contribution >= 4 is 23.7 Å². The highest BCUT2D eigenvalue weighted by atomic mass is 19.4. The Morgan fingerprint density at radius 2 is 1.81 bits per heavy atom. The van der Waals surface area contributed by atoms with Crippen LogP contribution >= 0.6 is 0 Å². The van der Waals surface area contributed by atoms with E-state index in [9.17, 15) is 18.0 Å². The zero-order chi connectivity index (χ0) is 26.3. The molecule has 4 rings (SSSR count). The van der Waals surface area contributed by atoms with Crippen LogP contribution in [0.1, 0.15) is 28.4 Å². The smallest absolute Gasteiger partial charge is 0.494 e. The number of hydrogen-bond donors (Lipinski definition) is 0. The fourth-order valence-electron chi connectivity index (χ4n) is 3.23. The molecule has 2 aromatic carbocycles. The van der Waals surface area contributed by atoms with Crippen LogP contribution in [0.5, 0.6) is 11.5 Å². The van der Waals surface area contributed by atoms with Gasteiger partial charge in [-0.15, -0.1) is 18.3 Å². The van der Waals surface area contributed by atoms with E-state index in [0.717, 1.165) is 6.42 Å². The highest BCUT2D eigenvalue weighted by molar-refractivity contribution is 6.04. The molecule has 0 saturated carbocycles. The maximum absolute atomic E-state index is 12.8. The first-order valence-corrected chi connectivity index (χ1v) is 11.1. The first kappa shape index (κ1) is 25.5. The van der Waals surface area contributed by atoms with E-state index in [1.54, 1.807) is 54.5 Å². The average Bonchev–Trinajstić information content (AvgIpc) is 3.57. The molecule has 37 heavy (non-hydrogen) atoms. The molecule has 0 spiro atoms. The lowest BCUT2D eigenvalue weighted by Gasteiger charge is -2.16. The predicted octanol–water partition coefficient (Wildman–Crippen LogP) is 5.08. The number of rotatable bonds is 10. The van der Waals surface area contributed by atoms with Crippen LogP contribution < -0.4 is 14.4 Å². The number of alkyl halides is 3. The third-order valence-corrected chi connectivity index (χ3v) is 5.07. The number of hydrogen-bond acceptors (Lipinski definition) is 7. The number of oxazole rings is 1. The van der Waals surface area contributed by atoms with Gasteiger partial charge in [0.15, 0.2) is 5.69 Å². The topological polar surface area (TPSA) is 95.5 Å². The summed E-state index contributed by atoms with van der Waals surface area (Å²) in [5.41, 5.74) is 1.34. The minimum Gasteiger partial charge on any atom is -0.494 e. The SMILES string of the molecule is CN(C(=O)c1coc(C=Cc2ccc(OC(F)(F)F)cc2)n1)c1ccc(OCCCn2ccnn2)cc1. The summed E-state index contributed by atoms with van der Waals surface area (Å²) in [6.07, 6.45) is 3.76. The van der Waals surface area contributed by atoms with Gasteiger partial charge in [-0.25, -0.2) is 4.98 Å². The number of carbonyl (C=O) groups is 1. The number of aromatic nitrogens is 4. The molecule has 0 aliphatic rings. The van der Waals surface area contributed by atoms with E-state index in [1.807, 2.05) is 0 Å². The molecule has 0 unspecified atom stereocenters. The van der Waals surface area contributed by atoms with Crippen molar-refractivity contribution in [2.45, 2.75) is 19.3 Å². The molecule has 0 N–H and O–H groups in total. The quantitative estimate of drug-likeness (QED) is 0.273.